The minimum atomic E-state index is -0.766. The Morgan fingerprint density at radius 3 is 2.56 bits per heavy atom. The Morgan fingerprint density at radius 1 is 1.10 bits per heavy atom. The monoisotopic (exact) mass is 524 g/mol. The number of furan rings is 1. The summed E-state index contributed by atoms with van der Waals surface area (Å²) >= 11 is 0. The predicted molar refractivity (Wildman–Crippen MR) is 144 cm³/mol. The molecule has 1 aromatic carbocycles. The van der Waals surface area contributed by atoms with Crippen LogP contribution in [0.1, 0.15) is 29.4 Å². The molecule has 0 fully saturated rings. The van der Waals surface area contributed by atoms with Gasteiger partial charge in [-0.25, -0.2) is 14.8 Å². The molecule has 11 nitrogen and oxygen atoms in total. The van der Waals surface area contributed by atoms with E-state index in [0.717, 1.165) is 11.3 Å². The summed E-state index contributed by atoms with van der Waals surface area (Å²) in [7, 11) is 0. The number of aromatic nitrogens is 3. The van der Waals surface area contributed by atoms with Gasteiger partial charge in [0.1, 0.15) is 23.1 Å². The zero-order valence-electron chi connectivity index (χ0n) is 21.0. The first-order valence-corrected chi connectivity index (χ1v) is 12.3. The van der Waals surface area contributed by atoms with E-state index in [0.29, 0.717) is 35.9 Å². The number of carbonyl (C=O) groups excluding carboxylic acids is 1. The van der Waals surface area contributed by atoms with Crippen molar-refractivity contribution in [3.05, 3.63) is 101 Å². The molecule has 0 aliphatic carbocycles. The number of esters is 1. The van der Waals surface area contributed by atoms with Crippen LogP contribution in [-0.2, 0) is 10.3 Å². The number of hydrogen-bond acceptors (Lipinski definition) is 10. The maximum absolute atomic E-state index is 12.6. The van der Waals surface area contributed by atoms with E-state index in [4.69, 9.17) is 9.15 Å². The van der Waals surface area contributed by atoms with E-state index in [2.05, 4.69) is 25.3 Å². The van der Waals surface area contributed by atoms with Crippen LogP contribution in [-0.4, -0.2) is 45.2 Å². The van der Waals surface area contributed by atoms with Gasteiger partial charge in [-0.05, 0) is 43.7 Å². The number of benzene rings is 1. The Kier molecular flexibility index (Phi) is 7.21. The van der Waals surface area contributed by atoms with Gasteiger partial charge in [0.25, 0.3) is 5.69 Å². The van der Waals surface area contributed by atoms with Crippen molar-refractivity contribution in [1.82, 2.24) is 15.0 Å². The number of pyridine rings is 1. The zero-order chi connectivity index (χ0) is 27.2. The van der Waals surface area contributed by atoms with E-state index in [9.17, 15) is 14.9 Å². The maximum atomic E-state index is 12.6. The third kappa shape index (κ3) is 5.42. The SMILES string of the molecule is CCOC(=O)c1cnc(NCCC2(c3ccc([N+](=O)[O-])cn3)C=CC=N2)nc1-c1ccc(-c2ccco2)cc1. The lowest BCUT2D eigenvalue weighted by Gasteiger charge is -2.23. The van der Waals surface area contributed by atoms with Gasteiger partial charge >= 0.3 is 5.97 Å². The van der Waals surface area contributed by atoms with Gasteiger partial charge in [0.2, 0.25) is 5.95 Å². The van der Waals surface area contributed by atoms with Crippen LogP contribution in [0.15, 0.2) is 88.7 Å². The molecule has 1 atom stereocenters. The van der Waals surface area contributed by atoms with E-state index >= 15 is 0 Å². The number of aliphatic imine (C=N–C) groups is 1. The highest BCUT2D eigenvalue weighted by Crippen LogP contribution is 2.33. The summed E-state index contributed by atoms with van der Waals surface area (Å²) in [6.07, 6.45) is 10.2. The smallest absolute Gasteiger partial charge is 0.341 e. The van der Waals surface area contributed by atoms with Gasteiger partial charge in [0.15, 0.2) is 0 Å². The molecule has 1 aliphatic rings. The van der Waals surface area contributed by atoms with E-state index in [-0.39, 0.29) is 17.9 Å². The molecule has 4 aromatic rings. The number of hydrogen-bond donors (Lipinski definition) is 1. The van der Waals surface area contributed by atoms with Crippen molar-refractivity contribution < 1.29 is 18.9 Å². The summed E-state index contributed by atoms with van der Waals surface area (Å²) in [4.78, 5) is 41.0. The molecule has 11 heteroatoms. The fourth-order valence-electron chi connectivity index (χ4n) is 4.24. The molecular weight excluding hydrogens is 500 g/mol. The molecule has 1 unspecified atom stereocenters. The van der Waals surface area contributed by atoms with Gasteiger partial charge in [0, 0.05) is 36.1 Å². The molecule has 1 N–H and O–H groups in total. The molecule has 3 aromatic heterocycles. The Bertz CT molecular complexity index is 1520. The summed E-state index contributed by atoms with van der Waals surface area (Å²) in [5, 5.41) is 14.2. The molecule has 0 spiro atoms. The molecule has 0 saturated carbocycles. The van der Waals surface area contributed by atoms with E-state index < -0.39 is 16.4 Å². The van der Waals surface area contributed by atoms with Gasteiger partial charge < -0.3 is 14.5 Å². The summed E-state index contributed by atoms with van der Waals surface area (Å²) in [6, 6.07) is 14.2. The van der Waals surface area contributed by atoms with Crippen molar-refractivity contribution in [2.24, 2.45) is 4.99 Å². The lowest BCUT2D eigenvalue weighted by atomic mass is 9.92. The minimum absolute atomic E-state index is 0.0854. The van der Waals surface area contributed by atoms with Crippen LogP contribution in [0.25, 0.3) is 22.6 Å². The maximum Gasteiger partial charge on any atom is 0.341 e. The summed E-state index contributed by atoms with van der Waals surface area (Å²) in [5.41, 5.74) is 2.04. The van der Waals surface area contributed by atoms with Crippen LogP contribution in [0, 0.1) is 10.1 Å². The van der Waals surface area contributed by atoms with Crippen LogP contribution in [0.3, 0.4) is 0 Å². The van der Waals surface area contributed by atoms with Gasteiger partial charge in [-0.1, -0.05) is 24.3 Å². The molecule has 0 bridgehead atoms. The number of anilines is 1. The van der Waals surface area contributed by atoms with Crippen molar-refractivity contribution in [3.63, 3.8) is 0 Å². The number of allylic oxidation sites excluding steroid dienone is 1. The molecule has 4 heterocycles. The first-order chi connectivity index (χ1) is 19.0. The highest BCUT2D eigenvalue weighted by molar-refractivity contribution is 5.96. The average molecular weight is 525 g/mol. The Morgan fingerprint density at radius 2 is 1.92 bits per heavy atom. The van der Waals surface area contributed by atoms with E-state index in [1.165, 1.54) is 18.5 Å². The normalized spacial score (nSPS) is 15.8. The van der Waals surface area contributed by atoms with E-state index in [1.807, 2.05) is 48.6 Å². The van der Waals surface area contributed by atoms with Crippen LogP contribution < -0.4 is 5.32 Å². The fraction of sp³-hybridized carbons (Fsp3) is 0.179. The average Bonchev–Trinajstić information content (AvgIpc) is 3.67. The first kappa shape index (κ1) is 25.5. The van der Waals surface area contributed by atoms with Crippen LogP contribution >= 0.6 is 0 Å². The topological polar surface area (TPSA) is 146 Å². The number of rotatable bonds is 10. The van der Waals surface area contributed by atoms with E-state index in [1.54, 1.807) is 25.5 Å². The van der Waals surface area contributed by atoms with Gasteiger partial charge in [-0.15, -0.1) is 0 Å². The van der Waals surface area contributed by atoms with Crippen molar-refractivity contribution in [2.75, 3.05) is 18.5 Å². The highest BCUT2D eigenvalue weighted by Gasteiger charge is 2.32. The van der Waals surface area contributed by atoms with Crippen molar-refractivity contribution in [3.8, 4) is 22.6 Å². The van der Waals surface area contributed by atoms with Crippen LogP contribution in [0.5, 0.6) is 0 Å². The Hall–Kier alpha value is -5.19. The van der Waals surface area contributed by atoms with Gasteiger partial charge in [0.05, 0.1) is 29.2 Å². The molecule has 0 radical (unpaired) electrons. The first-order valence-electron chi connectivity index (χ1n) is 12.3. The second kappa shape index (κ2) is 11.1. The molecule has 196 valence electrons. The van der Waals surface area contributed by atoms with Crippen molar-refractivity contribution >= 4 is 23.8 Å². The lowest BCUT2D eigenvalue weighted by molar-refractivity contribution is -0.385. The standard InChI is InChI=1S/C28H24N6O5/c1-2-38-26(35)22-18-31-27(33-25(22)20-8-6-19(7-9-20)23-5-3-16-39-23)29-15-13-28(12-4-14-32-28)24-11-10-21(17-30-24)34(36)37/h3-12,14,16-18H,2,13,15H2,1H3,(H,29,31,33). The second-order valence-electron chi connectivity index (χ2n) is 8.63. The molecule has 39 heavy (non-hydrogen) atoms. The molecule has 0 amide bonds. The lowest BCUT2D eigenvalue weighted by Crippen LogP contribution is -2.25. The molecular formula is C28H24N6O5. The second-order valence-corrected chi connectivity index (χ2v) is 8.63. The third-order valence-corrected chi connectivity index (χ3v) is 6.20. The minimum Gasteiger partial charge on any atom is -0.464 e. The van der Waals surface area contributed by atoms with Crippen molar-refractivity contribution in [1.29, 1.82) is 0 Å². The molecule has 1 aliphatic heterocycles. The molecule has 5 rings (SSSR count). The van der Waals surface area contributed by atoms with Gasteiger partial charge in [-0.2, -0.15) is 0 Å². The number of ether oxygens (including phenoxy) is 1. The number of nitrogens with one attached hydrogen (secondary N) is 1. The Balaban J connectivity index is 1.37. The summed E-state index contributed by atoms with van der Waals surface area (Å²) in [5.74, 6) is 0.547. The molecule has 0 saturated heterocycles. The number of carbonyl (C=O) groups is 1. The summed E-state index contributed by atoms with van der Waals surface area (Å²) in [6.45, 7) is 2.38. The fourth-order valence-corrected chi connectivity index (χ4v) is 4.24. The Labute approximate surface area is 223 Å². The quantitative estimate of drug-likeness (QED) is 0.167. The van der Waals surface area contributed by atoms with Crippen molar-refractivity contribution in [2.45, 2.75) is 18.9 Å². The van der Waals surface area contributed by atoms with Crippen LogP contribution in [0.4, 0.5) is 11.6 Å². The largest absolute Gasteiger partial charge is 0.464 e. The number of nitrogens with zero attached hydrogens (tertiary/aromatic N) is 5. The predicted octanol–water partition coefficient (Wildman–Crippen LogP) is 5.22. The summed E-state index contributed by atoms with van der Waals surface area (Å²) < 4.78 is 10.7. The highest BCUT2D eigenvalue weighted by atomic mass is 16.6. The zero-order valence-corrected chi connectivity index (χ0v) is 21.0. The van der Waals surface area contributed by atoms with Crippen LogP contribution in [0.2, 0.25) is 0 Å². The van der Waals surface area contributed by atoms with Gasteiger partial charge in [-0.3, -0.25) is 20.1 Å². The number of nitro groups is 1. The third-order valence-electron chi connectivity index (χ3n) is 6.20.